The van der Waals surface area contributed by atoms with Crippen LogP contribution in [0.4, 0.5) is 4.39 Å². The third-order valence-corrected chi connectivity index (χ3v) is 4.25. The second-order valence-electron chi connectivity index (χ2n) is 6.08. The van der Waals surface area contributed by atoms with Gasteiger partial charge in [0.15, 0.2) is 0 Å². The molecular formula is C23H21F. The van der Waals surface area contributed by atoms with Gasteiger partial charge in [-0.05, 0) is 48.1 Å². The van der Waals surface area contributed by atoms with E-state index in [1.165, 1.54) is 11.1 Å². The van der Waals surface area contributed by atoms with E-state index in [0.29, 0.717) is 5.56 Å². The van der Waals surface area contributed by atoms with Crippen molar-refractivity contribution in [1.29, 1.82) is 0 Å². The lowest BCUT2D eigenvalue weighted by molar-refractivity contribution is 0.629. The highest BCUT2D eigenvalue weighted by atomic mass is 19.1. The lowest BCUT2D eigenvalue weighted by Gasteiger charge is -2.08. The monoisotopic (exact) mass is 316 g/mol. The molecule has 0 spiro atoms. The van der Waals surface area contributed by atoms with Gasteiger partial charge in [0.1, 0.15) is 5.82 Å². The standard InChI is InChI=1S/C23H21F/c1-3-4-5-18-8-15-22(23(24)16-18)21-13-11-20(12-14-21)19-9-6-17(2)7-10-19/h3,6-16H,1,4-5H2,2H3. The molecule has 0 N–H and O–H groups in total. The van der Waals surface area contributed by atoms with E-state index in [1.807, 2.05) is 42.5 Å². The summed E-state index contributed by atoms with van der Waals surface area (Å²) in [6.45, 7) is 5.79. The van der Waals surface area contributed by atoms with E-state index in [-0.39, 0.29) is 5.82 Å². The summed E-state index contributed by atoms with van der Waals surface area (Å²) in [5.41, 5.74) is 6.11. The van der Waals surface area contributed by atoms with Gasteiger partial charge < -0.3 is 0 Å². The summed E-state index contributed by atoms with van der Waals surface area (Å²) in [6, 6.07) is 22.0. The first-order valence-electron chi connectivity index (χ1n) is 8.24. The van der Waals surface area contributed by atoms with Gasteiger partial charge in [-0.15, -0.1) is 6.58 Å². The van der Waals surface area contributed by atoms with Gasteiger partial charge in [-0.2, -0.15) is 0 Å². The number of aryl methyl sites for hydroxylation is 2. The zero-order chi connectivity index (χ0) is 16.9. The fraction of sp³-hybridized carbons (Fsp3) is 0.130. The molecule has 1 heteroatoms. The van der Waals surface area contributed by atoms with Crippen LogP contribution in [-0.2, 0) is 6.42 Å². The van der Waals surface area contributed by atoms with Gasteiger partial charge in [-0.25, -0.2) is 4.39 Å². The molecule has 0 amide bonds. The molecule has 0 atom stereocenters. The molecule has 0 aliphatic rings. The van der Waals surface area contributed by atoms with E-state index in [4.69, 9.17) is 0 Å². The first-order valence-corrected chi connectivity index (χ1v) is 8.24. The van der Waals surface area contributed by atoms with E-state index < -0.39 is 0 Å². The predicted octanol–water partition coefficient (Wildman–Crippen LogP) is 6.59. The molecule has 0 aliphatic carbocycles. The maximum atomic E-state index is 14.4. The van der Waals surface area contributed by atoms with Crippen molar-refractivity contribution in [2.75, 3.05) is 0 Å². The molecule has 24 heavy (non-hydrogen) atoms. The van der Waals surface area contributed by atoms with Crippen molar-refractivity contribution in [3.8, 4) is 22.3 Å². The van der Waals surface area contributed by atoms with Crippen LogP contribution in [0.1, 0.15) is 17.5 Å². The molecule has 3 aromatic carbocycles. The smallest absolute Gasteiger partial charge is 0.131 e. The van der Waals surface area contributed by atoms with Crippen LogP contribution in [0.5, 0.6) is 0 Å². The maximum absolute atomic E-state index is 14.4. The zero-order valence-electron chi connectivity index (χ0n) is 13.9. The van der Waals surface area contributed by atoms with Gasteiger partial charge in [0.05, 0.1) is 0 Å². The van der Waals surface area contributed by atoms with Gasteiger partial charge in [0.2, 0.25) is 0 Å². The highest BCUT2D eigenvalue weighted by molar-refractivity contribution is 5.71. The minimum Gasteiger partial charge on any atom is -0.206 e. The first-order chi connectivity index (χ1) is 11.7. The van der Waals surface area contributed by atoms with Crippen LogP contribution in [0.2, 0.25) is 0 Å². The Bertz CT molecular complexity index is 827. The lowest BCUT2D eigenvalue weighted by atomic mass is 9.98. The molecule has 0 fully saturated rings. The fourth-order valence-electron chi connectivity index (χ4n) is 2.81. The van der Waals surface area contributed by atoms with Crippen LogP contribution in [0.25, 0.3) is 22.3 Å². The molecule has 0 bridgehead atoms. The zero-order valence-corrected chi connectivity index (χ0v) is 13.9. The Morgan fingerprint density at radius 2 is 1.42 bits per heavy atom. The predicted molar refractivity (Wildman–Crippen MR) is 101 cm³/mol. The average molecular weight is 316 g/mol. The van der Waals surface area contributed by atoms with Crippen molar-refractivity contribution in [3.05, 3.63) is 96.3 Å². The number of hydrogen-bond donors (Lipinski definition) is 0. The molecule has 0 saturated carbocycles. The molecule has 3 aromatic rings. The summed E-state index contributed by atoms with van der Waals surface area (Å²) in [5, 5.41) is 0. The molecule has 0 saturated heterocycles. The summed E-state index contributed by atoms with van der Waals surface area (Å²) in [6.07, 6.45) is 3.55. The number of allylic oxidation sites excluding steroid dienone is 1. The molecule has 120 valence electrons. The number of rotatable bonds is 5. The molecule has 3 rings (SSSR count). The van der Waals surface area contributed by atoms with Crippen molar-refractivity contribution in [2.45, 2.75) is 19.8 Å². The highest BCUT2D eigenvalue weighted by Gasteiger charge is 2.07. The third kappa shape index (κ3) is 3.62. The second-order valence-corrected chi connectivity index (χ2v) is 6.08. The average Bonchev–Trinajstić information content (AvgIpc) is 2.61. The topological polar surface area (TPSA) is 0 Å². The molecule has 0 aliphatic heterocycles. The molecule has 0 radical (unpaired) electrons. The van der Waals surface area contributed by atoms with Gasteiger partial charge >= 0.3 is 0 Å². The van der Waals surface area contributed by atoms with Gasteiger partial charge in [-0.3, -0.25) is 0 Å². The Labute approximate surface area is 143 Å². The van der Waals surface area contributed by atoms with Crippen LogP contribution >= 0.6 is 0 Å². The Morgan fingerprint density at radius 1 is 0.833 bits per heavy atom. The van der Waals surface area contributed by atoms with Crippen LogP contribution in [0.15, 0.2) is 79.4 Å². The van der Waals surface area contributed by atoms with Crippen LogP contribution in [-0.4, -0.2) is 0 Å². The van der Waals surface area contributed by atoms with Gasteiger partial charge in [0.25, 0.3) is 0 Å². The summed E-state index contributed by atoms with van der Waals surface area (Å²) < 4.78 is 14.4. The number of benzene rings is 3. The van der Waals surface area contributed by atoms with Crippen molar-refractivity contribution in [2.24, 2.45) is 0 Å². The van der Waals surface area contributed by atoms with Gasteiger partial charge in [0, 0.05) is 5.56 Å². The molecule has 0 aromatic heterocycles. The van der Waals surface area contributed by atoms with Crippen molar-refractivity contribution in [1.82, 2.24) is 0 Å². The fourth-order valence-corrected chi connectivity index (χ4v) is 2.81. The van der Waals surface area contributed by atoms with Crippen molar-refractivity contribution in [3.63, 3.8) is 0 Å². The molecule has 0 unspecified atom stereocenters. The van der Waals surface area contributed by atoms with Crippen LogP contribution in [0, 0.1) is 12.7 Å². The van der Waals surface area contributed by atoms with E-state index in [1.54, 1.807) is 6.07 Å². The quantitative estimate of drug-likeness (QED) is 0.466. The Kier molecular flexibility index (Phi) is 4.90. The van der Waals surface area contributed by atoms with Crippen LogP contribution < -0.4 is 0 Å². The first kappa shape index (κ1) is 16.2. The summed E-state index contributed by atoms with van der Waals surface area (Å²) in [5.74, 6) is -0.167. The summed E-state index contributed by atoms with van der Waals surface area (Å²) in [4.78, 5) is 0. The van der Waals surface area contributed by atoms with E-state index >= 15 is 0 Å². The van der Waals surface area contributed by atoms with Crippen molar-refractivity contribution < 1.29 is 4.39 Å². The number of hydrogen-bond acceptors (Lipinski definition) is 0. The minimum atomic E-state index is -0.167. The lowest BCUT2D eigenvalue weighted by Crippen LogP contribution is -1.90. The van der Waals surface area contributed by atoms with Gasteiger partial charge in [-0.1, -0.05) is 72.3 Å². The molecule has 0 heterocycles. The second kappa shape index (κ2) is 7.27. The third-order valence-electron chi connectivity index (χ3n) is 4.25. The minimum absolute atomic E-state index is 0.167. The normalized spacial score (nSPS) is 10.6. The Morgan fingerprint density at radius 3 is 2.00 bits per heavy atom. The molecular weight excluding hydrogens is 295 g/mol. The SMILES string of the molecule is C=CCCc1ccc(-c2ccc(-c3ccc(C)cc3)cc2)c(F)c1. The van der Waals surface area contributed by atoms with E-state index in [0.717, 1.165) is 29.5 Å². The largest absolute Gasteiger partial charge is 0.206 e. The maximum Gasteiger partial charge on any atom is 0.131 e. The van der Waals surface area contributed by atoms with Crippen molar-refractivity contribution >= 4 is 0 Å². The summed E-state index contributed by atoms with van der Waals surface area (Å²) in [7, 11) is 0. The summed E-state index contributed by atoms with van der Waals surface area (Å²) >= 11 is 0. The van der Waals surface area contributed by atoms with E-state index in [2.05, 4.69) is 37.8 Å². The Hall–Kier alpha value is -2.67. The van der Waals surface area contributed by atoms with E-state index in [9.17, 15) is 4.39 Å². The highest BCUT2D eigenvalue weighted by Crippen LogP contribution is 2.27. The molecule has 0 nitrogen and oxygen atoms in total. The number of halogens is 1. The van der Waals surface area contributed by atoms with Crippen LogP contribution in [0.3, 0.4) is 0 Å². The Balaban J connectivity index is 1.85.